The van der Waals surface area contributed by atoms with Crippen LogP contribution in [0.4, 0.5) is 0 Å². The SMILES string of the molecule is Cc1cccc(C)c1OCC(C)NC(=O)/C=C/Sc1ccccc1. The van der Waals surface area contributed by atoms with Crippen LogP contribution in [-0.2, 0) is 4.79 Å². The second kappa shape index (κ2) is 9.18. The van der Waals surface area contributed by atoms with Crippen molar-refractivity contribution in [1.82, 2.24) is 5.32 Å². The molecule has 0 aliphatic rings. The van der Waals surface area contributed by atoms with Gasteiger partial charge < -0.3 is 10.1 Å². The summed E-state index contributed by atoms with van der Waals surface area (Å²) in [4.78, 5) is 13.0. The summed E-state index contributed by atoms with van der Waals surface area (Å²) in [7, 11) is 0. The van der Waals surface area contributed by atoms with Crippen molar-refractivity contribution in [3.05, 3.63) is 71.1 Å². The highest BCUT2D eigenvalue weighted by atomic mass is 32.2. The molecule has 0 aliphatic heterocycles. The van der Waals surface area contributed by atoms with Gasteiger partial charge in [-0.15, -0.1) is 0 Å². The molecule has 0 fully saturated rings. The first kappa shape index (κ1) is 18.1. The predicted molar refractivity (Wildman–Crippen MR) is 100 cm³/mol. The Labute approximate surface area is 148 Å². The molecule has 0 aliphatic carbocycles. The summed E-state index contributed by atoms with van der Waals surface area (Å²) >= 11 is 1.52. The number of amides is 1. The van der Waals surface area contributed by atoms with Gasteiger partial charge in [0, 0.05) is 11.0 Å². The quantitative estimate of drug-likeness (QED) is 0.595. The lowest BCUT2D eigenvalue weighted by molar-refractivity contribution is -0.117. The smallest absolute Gasteiger partial charge is 0.244 e. The molecule has 0 aromatic heterocycles. The molecule has 0 bridgehead atoms. The van der Waals surface area contributed by atoms with E-state index in [-0.39, 0.29) is 11.9 Å². The maximum Gasteiger partial charge on any atom is 0.244 e. The fourth-order valence-electron chi connectivity index (χ4n) is 2.24. The van der Waals surface area contributed by atoms with Crippen LogP contribution in [-0.4, -0.2) is 18.6 Å². The number of hydrogen-bond acceptors (Lipinski definition) is 3. The van der Waals surface area contributed by atoms with Crippen LogP contribution in [0.5, 0.6) is 5.75 Å². The monoisotopic (exact) mass is 341 g/mol. The van der Waals surface area contributed by atoms with Gasteiger partial charge >= 0.3 is 0 Å². The first-order valence-corrected chi connectivity index (χ1v) is 8.82. The van der Waals surface area contributed by atoms with Gasteiger partial charge in [0.2, 0.25) is 5.91 Å². The van der Waals surface area contributed by atoms with E-state index in [2.05, 4.69) is 5.32 Å². The molecule has 0 spiro atoms. The molecule has 0 heterocycles. The molecule has 1 amide bonds. The summed E-state index contributed by atoms with van der Waals surface area (Å²) in [6, 6.07) is 15.9. The van der Waals surface area contributed by atoms with Gasteiger partial charge in [0.1, 0.15) is 12.4 Å². The molecule has 2 aromatic carbocycles. The van der Waals surface area contributed by atoms with Gasteiger partial charge in [-0.25, -0.2) is 0 Å². The topological polar surface area (TPSA) is 38.3 Å². The van der Waals surface area contributed by atoms with E-state index in [1.165, 1.54) is 11.8 Å². The van der Waals surface area contributed by atoms with Crippen molar-refractivity contribution in [3.63, 3.8) is 0 Å². The number of carbonyl (C=O) groups excluding carboxylic acids is 1. The molecule has 126 valence electrons. The number of para-hydroxylation sites is 1. The standard InChI is InChI=1S/C20H23NO2S/c1-15-8-7-9-16(2)20(15)23-14-17(3)21-19(22)12-13-24-18-10-5-4-6-11-18/h4-13,17H,14H2,1-3H3,(H,21,22)/b13-12+. The number of aryl methyl sites for hydroxylation is 2. The number of benzene rings is 2. The summed E-state index contributed by atoms with van der Waals surface area (Å²) in [5.41, 5.74) is 2.21. The van der Waals surface area contributed by atoms with E-state index in [0.29, 0.717) is 6.61 Å². The minimum Gasteiger partial charge on any atom is -0.491 e. The first-order valence-electron chi connectivity index (χ1n) is 7.94. The van der Waals surface area contributed by atoms with Crippen LogP contribution >= 0.6 is 11.8 Å². The highest BCUT2D eigenvalue weighted by Gasteiger charge is 2.08. The van der Waals surface area contributed by atoms with Gasteiger partial charge in [0.15, 0.2) is 0 Å². The largest absolute Gasteiger partial charge is 0.491 e. The predicted octanol–water partition coefficient (Wildman–Crippen LogP) is 4.49. The van der Waals surface area contributed by atoms with Crippen molar-refractivity contribution in [2.24, 2.45) is 0 Å². The van der Waals surface area contributed by atoms with Crippen LogP contribution in [0.3, 0.4) is 0 Å². The van der Waals surface area contributed by atoms with E-state index in [1.807, 2.05) is 69.3 Å². The zero-order valence-electron chi connectivity index (χ0n) is 14.3. The Bertz CT molecular complexity index is 678. The van der Waals surface area contributed by atoms with Crippen LogP contribution in [0.2, 0.25) is 0 Å². The van der Waals surface area contributed by atoms with Crippen LogP contribution in [0.15, 0.2) is 64.9 Å². The molecular formula is C20H23NO2S. The Hall–Kier alpha value is -2.20. The molecule has 0 radical (unpaired) electrons. The summed E-state index contributed by atoms with van der Waals surface area (Å²) in [6.07, 6.45) is 1.55. The minimum atomic E-state index is -0.115. The van der Waals surface area contributed by atoms with E-state index in [0.717, 1.165) is 21.8 Å². The number of rotatable bonds is 7. The van der Waals surface area contributed by atoms with Crippen molar-refractivity contribution in [3.8, 4) is 5.75 Å². The van der Waals surface area contributed by atoms with Crippen LogP contribution in [0.25, 0.3) is 0 Å². The van der Waals surface area contributed by atoms with Gasteiger partial charge in [-0.3, -0.25) is 4.79 Å². The molecule has 1 atom stereocenters. The van der Waals surface area contributed by atoms with E-state index in [1.54, 1.807) is 11.5 Å². The number of nitrogens with one attached hydrogen (secondary N) is 1. The molecule has 3 nitrogen and oxygen atoms in total. The number of ether oxygens (including phenoxy) is 1. The Balaban J connectivity index is 1.77. The van der Waals surface area contributed by atoms with Crippen molar-refractivity contribution in [1.29, 1.82) is 0 Å². The molecule has 1 N–H and O–H groups in total. The average molecular weight is 341 g/mol. The van der Waals surface area contributed by atoms with Gasteiger partial charge in [-0.1, -0.05) is 48.2 Å². The second-order valence-electron chi connectivity index (χ2n) is 5.68. The highest BCUT2D eigenvalue weighted by Crippen LogP contribution is 2.22. The van der Waals surface area contributed by atoms with Gasteiger partial charge in [0.05, 0.1) is 6.04 Å². The lowest BCUT2D eigenvalue weighted by Gasteiger charge is -2.16. The van der Waals surface area contributed by atoms with Crippen LogP contribution in [0.1, 0.15) is 18.1 Å². The van der Waals surface area contributed by atoms with Gasteiger partial charge in [-0.05, 0) is 49.4 Å². The maximum absolute atomic E-state index is 11.9. The third kappa shape index (κ3) is 5.78. The van der Waals surface area contributed by atoms with Crippen LogP contribution < -0.4 is 10.1 Å². The van der Waals surface area contributed by atoms with Crippen molar-refractivity contribution < 1.29 is 9.53 Å². The number of carbonyl (C=O) groups is 1. The Morgan fingerprint density at radius 2 is 1.79 bits per heavy atom. The molecule has 1 unspecified atom stereocenters. The van der Waals surface area contributed by atoms with E-state index >= 15 is 0 Å². The average Bonchev–Trinajstić information content (AvgIpc) is 2.55. The van der Waals surface area contributed by atoms with Crippen molar-refractivity contribution >= 4 is 17.7 Å². The molecule has 24 heavy (non-hydrogen) atoms. The minimum absolute atomic E-state index is 0.0668. The second-order valence-corrected chi connectivity index (χ2v) is 6.65. The molecule has 2 rings (SSSR count). The fourth-order valence-corrected chi connectivity index (χ4v) is 2.90. The molecule has 0 saturated carbocycles. The summed E-state index contributed by atoms with van der Waals surface area (Å²) in [6.45, 7) is 6.42. The maximum atomic E-state index is 11.9. The summed E-state index contributed by atoms with van der Waals surface area (Å²) in [5.74, 6) is 0.782. The van der Waals surface area contributed by atoms with Gasteiger partial charge in [-0.2, -0.15) is 0 Å². The first-order chi connectivity index (χ1) is 11.6. The van der Waals surface area contributed by atoms with Crippen molar-refractivity contribution in [2.45, 2.75) is 31.7 Å². The molecule has 4 heteroatoms. The van der Waals surface area contributed by atoms with E-state index in [4.69, 9.17) is 4.74 Å². The molecule has 0 saturated heterocycles. The highest BCUT2D eigenvalue weighted by molar-refractivity contribution is 8.02. The van der Waals surface area contributed by atoms with Crippen molar-refractivity contribution in [2.75, 3.05) is 6.61 Å². The van der Waals surface area contributed by atoms with Crippen LogP contribution in [0, 0.1) is 13.8 Å². The Morgan fingerprint density at radius 1 is 1.12 bits per heavy atom. The number of thioether (sulfide) groups is 1. The van der Waals surface area contributed by atoms with E-state index < -0.39 is 0 Å². The lowest BCUT2D eigenvalue weighted by atomic mass is 10.1. The third-order valence-corrected chi connectivity index (χ3v) is 4.26. The normalized spacial score (nSPS) is 12.1. The summed E-state index contributed by atoms with van der Waals surface area (Å²) < 4.78 is 5.86. The lowest BCUT2D eigenvalue weighted by Crippen LogP contribution is -2.35. The zero-order valence-corrected chi connectivity index (χ0v) is 15.1. The fraction of sp³-hybridized carbons (Fsp3) is 0.250. The zero-order chi connectivity index (χ0) is 17.4. The number of hydrogen-bond donors (Lipinski definition) is 1. The van der Waals surface area contributed by atoms with Gasteiger partial charge in [0.25, 0.3) is 0 Å². The molecular weight excluding hydrogens is 318 g/mol. The molecule has 2 aromatic rings. The third-order valence-electron chi connectivity index (χ3n) is 3.44. The summed E-state index contributed by atoms with van der Waals surface area (Å²) in [5, 5.41) is 4.71. The van der Waals surface area contributed by atoms with E-state index in [9.17, 15) is 4.79 Å². The Kier molecular flexibility index (Phi) is 6.94. The Morgan fingerprint density at radius 3 is 2.46 bits per heavy atom.